The molecule has 1 heterocycles. The predicted octanol–water partition coefficient (Wildman–Crippen LogP) is -0.119. The van der Waals surface area contributed by atoms with Crippen molar-refractivity contribution in [2.75, 3.05) is 19.8 Å². The van der Waals surface area contributed by atoms with Crippen molar-refractivity contribution < 1.29 is 65.9 Å². The zero-order valence-corrected chi connectivity index (χ0v) is 23.4. The van der Waals surface area contributed by atoms with E-state index < -0.39 is 110 Å². The van der Waals surface area contributed by atoms with Crippen molar-refractivity contribution in [3.05, 3.63) is 38.4 Å². The van der Waals surface area contributed by atoms with Crippen LogP contribution in [0.3, 0.4) is 0 Å². The molecule has 0 radical (unpaired) electrons. The number of nitro groups is 2. The highest BCUT2D eigenvalue weighted by molar-refractivity contribution is 7.89. The number of carbonyl (C=O) groups is 4. The first-order valence-electron chi connectivity index (χ1n) is 11.9. The van der Waals surface area contributed by atoms with Gasteiger partial charge in [0, 0.05) is 40.3 Å². The first kappa shape index (κ1) is 33.9. The Bertz CT molecular complexity index is 1330. The molecule has 0 amide bonds. The maximum atomic E-state index is 12.7. The smallest absolute Gasteiger partial charge is 0.303 e. The van der Waals surface area contributed by atoms with Gasteiger partial charge >= 0.3 is 23.9 Å². The number of benzene rings is 1. The first-order chi connectivity index (χ1) is 19.5. The number of nitrogens with one attached hydrogen (secondary N) is 1. The Balaban J connectivity index is 2.29. The van der Waals surface area contributed by atoms with Crippen LogP contribution in [0, 0.1) is 20.2 Å². The number of esters is 4. The summed E-state index contributed by atoms with van der Waals surface area (Å²) in [6, 6.07) is 1.96. The molecule has 5 atom stereocenters. The Morgan fingerprint density at radius 1 is 0.881 bits per heavy atom. The van der Waals surface area contributed by atoms with Crippen molar-refractivity contribution in [2.24, 2.45) is 0 Å². The lowest BCUT2D eigenvalue weighted by Gasteiger charge is -2.44. The normalized spacial score (nSPS) is 22.0. The molecule has 0 aliphatic carbocycles. The number of non-ortho nitro benzene ring substituents is 1. The summed E-state index contributed by atoms with van der Waals surface area (Å²) in [6.07, 6.45) is -7.41. The Hall–Kier alpha value is -4.27. The van der Waals surface area contributed by atoms with Gasteiger partial charge in [-0.15, -0.1) is 0 Å². The van der Waals surface area contributed by atoms with Crippen LogP contribution in [0.2, 0.25) is 0 Å². The molecular formula is C22H27N3O16S. The SMILES string of the molecule is CC(=O)OCC1O[C@@H](OCCNS(=O)(=O)c2ccc([N+](=O)[O-])cc2[N+](=O)[O-])C(OC(C)=O)[C@H](OC(C)=O)[C@@H]1OC(C)=O. The van der Waals surface area contributed by atoms with Gasteiger partial charge in [0.15, 0.2) is 29.5 Å². The molecule has 1 saturated heterocycles. The van der Waals surface area contributed by atoms with Crippen LogP contribution < -0.4 is 4.72 Å². The van der Waals surface area contributed by atoms with Crippen LogP contribution >= 0.6 is 0 Å². The van der Waals surface area contributed by atoms with Crippen LogP contribution in [-0.4, -0.2) is 92.6 Å². The van der Waals surface area contributed by atoms with E-state index in [-0.39, 0.29) is 0 Å². The van der Waals surface area contributed by atoms with E-state index in [0.29, 0.717) is 12.1 Å². The van der Waals surface area contributed by atoms with Crippen LogP contribution in [0.5, 0.6) is 0 Å². The van der Waals surface area contributed by atoms with Crippen LogP contribution in [0.1, 0.15) is 27.7 Å². The van der Waals surface area contributed by atoms with E-state index in [4.69, 9.17) is 28.4 Å². The molecule has 0 aromatic heterocycles. The largest absolute Gasteiger partial charge is 0.463 e. The number of ether oxygens (including phenoxy) is 6. The van der Waals surface area contributed by atoms with Gasteiger partial charge in [-0.2, -0.15) is 0 Å². The van der Waals surface area contributed by atoms with Gasteiger partial charge in [0.1, 0.15) is 12.7 Å². The molecule has 19 nitrogen and oxygen atoms in total. The molecule has 1 fully saturated rings. The van der Waals surface area contributed by atoms with Gasteiger partial charge in [0.2, 0.25) is 10.0 Å². The van der Waals surface area contributed by atoms with E-state index in [1.807, 2.05) is 4.72 Å². The Kier molecular flexibility index (Phi) is 11.8. The zero-order valence-electron chi connectivity index (χ0n) is 22.6. The third kappa shape index (κ3) is 9.39. The number of rotatable bonds is 13. The minimum absolute atomic E-state index is 0.489. The fourth-order valence-electron chi connectivity index (χ4n) is 3.74. The van der Waals surface area contributed by atoms with Crippen LogP contribution in [0.4, 0.5) is 11.4 Å². The summed E-state index contributed by atoms with van der Waals surface area (Å²) in [5.41, 5.74) is -1.75. The molecule has 0 bridgehead atoms. The fourth-order valence-corrected chi connectivity index (χ4v) is 4.90. The van der Waals surface area contributed by atoms with Crippen molar-refractivity contribution >= 4 is 45.3 Å². The highest BCUT2D eigenvalue weighted by atomic mass is 32.2. The minimum atomic E-state index is -4.60. The summed E-state index contributed by atoms with van der Waals surface area (Å²) < 4.78 is 59.3. The molecule has 1 N–H and O–H groups in total. The fraction of sp³-hybridized carbons (Fsp3) is 0.545. The highest BCUT2D eigenvalue weighted by Gasteiger charge is 2.52. The van der Waals surface area contributed by atoms with Gasteiger partial charge in [-0.25, -0.2) is 13.1 Å². The summed E-state index contributed by atoms with van der Waals surface area (Å²) in [4.78, 5) is 66.2. The van der Waals surface area contributed by atoms with Gasteiger partial charge in [-0.05, 0) is 6.07 Å². The lowest BCUT2D eigenvalue weighted by Crippen LogP contribution is -2.63. The summed E-state index contributed by atoms with van der Waals surface area (Å²) in [5, 5.41) is 22.3. The first-order valence-corrected chi connectivity index (χ1v) is 13.4. The Labute approximate surface area is 237 Å². The van der Waals surface area contributed by atoms with Crippen molar-refractivity contribution in [3.63, 3.8) is 0 Å². The molecule has 2 rings (SSSR count). The van der Waals surface area contributed by atoms with Gasteiger partial charge in [-0.1, -0.05) is 0 Å². The number of nitro benzene ring substituents is 2. The third-order valence-corrected chi connectivity index (χ3v) is 6.77. The van der Waals surface area contributed by atoms with Crippen LogP contribution in [0.15, 0.2) is 23.1 Å². The van der Waals surface area contributed by atoms with E-state index in [1.54, 1.807) is 0 Å². The lowest BCUT2D eigenvalue weighted by molar-refractivity contribution is -0.396. The van der Waals surface area contributed by atoms with E-state index in [2.05, 4.69) is 0 Å². The molecular weight excluding hydrogens is 594 g/mol. The Morgan fingerprint density at radius 3 is 1.98 bits per heavy atom. The monoisotopic (exact) mass is 621 g/mol. The second kappa shape index (κ2) is 14.6. The maximum Gasteiger partial charge on any atom is 0.303 e. The second-order valence-corrected chi connectivity index (χ2v) is 10.2. The van der Waals surface area contributed by atoms with Gasteiger partial charge < -0.3 is 28.4 Å². The predicted molar refractivity (Wildman–Crippen MR) is 133 cm³/mol. The zero-order chi connectivity index (χ0) is 31.8. The summed E-state index contributed by atoms with van der Waals surface area (Å²) in [7, 11) is -4.60. The van der Waals surface area contributed by atoms with E-state index in [1.165, 1.54) is 0 Å². The molecule has 2 unspecified atom stereocenters. The summed E-state index contributed by atoms with van der Waals surface area (Å²) in [6.45, 7) is 2.56. The maximum absolute atomic E-state index is 12.7. The van der Waals surface area contributed by atoms with Crippen LogP contribution in [-0.2, 0) is 57.6 Å². The number of nitrogens with zero attached hydrogens (tertiary/aromatic N) is 2. The van der Waals surface area contributed by atoms with Gasteiger partial charge in [0.05, 0.1) is 22.5 Å². The van der Waals surface area contributed by atoms with Crippen molar-refractivity contribution in [3.8, 4) is 0 Å². The summed E-state index contributed by atoms with van der Waals surface area (Å²) >= 11 is 0. The summed E-state index contributed by atoms with van der Waals surface area (Å²) in [5.74, 6) is -3.35. The average molecular weight is 622 g/mol. The lowest BCUT2D eigenvalue weighted by atomic mass is 9.98. The number of carbonyl (C=O) groups excluding carboxylic acids is 4. The third-order valence-electron chi connectivity index (χ3n) is 5.26. The molecule has 1 aromatic rings. The Morgan fingerprint density at radius 2 is 1.45 bits per heavy atom. The molecule has 20 heteroatoms. The van der Waals surface area contributed by atoms with Gasteiger partial charge in [0.25, 0.3) is 11.4 Å². The van der Waals surface area contributed by atoms with Crippen molar-refractivity contribution in [1.82, 2.24) is 4.72 Å². The second-order valence-electron chi connectivity index (χ2n) is 8.50. The standard InChI is InChI=1S/C22H27N3O16S/c1-11(26)37-10-17-19(38-12(2)27)20(39-13(3)28)21(40-14(4)29)22(41-17)36-8-7-23-42(34,35)18-6-5-15(24(30)31)9-16(18)25(32)33/h5-6,9,17,19-23H,7-8,10H2,1-4H3/t17?,19-,20-,21?,22-/m1/s1. The van der Waals surface area contributed by atoms with Gasteiger partial charge in [-0.3, -0.25) is 39.4 Å². The van der Waals surface area contributed by atoms with E-state index in [0.717, 1.165) is 33.8 Å². The highest BCUT2D eigenvalue weighted by Crippen LogP contribution is 2.30. The molecule has 1 aliphatic heterocycles. The molecule has 232 valence electrons. The minimum Gasteiger partial charge on any atom is -0.463 e. The van der Waals surface area contributed by atoms with Crippen molar-refractivity contribution in [1.29, 1.82) is 0 Å². The topological polar surface area (TPSA) is 256 Å². The number of sulfonamides is 1. The van der Waals surface area contributed by atoms with E-state index in [9.17, 15) is 47.8 Å². The molecule has 0 saturated carbocycles. The molecule has 1 aliphatic rings. The number of hydrogen-bond acceptors (Lipinski definition) is 16. The van der Waals surface area contributed by atoms with Crippen LogP contribution in [0.25, 0.3) is 0 Å². The van der Waals surface area contributed by atoms with Crippen molar-refractivity contribution in [2.45, 2.75) is 63.3 Å². The molecule has 0 spiro atoms. The van der Waals surface area contributed by atoms with E-state index >= 15 is 0 Å². The average Bonchev–Trinajstić information content (AvgIpc) is 2.87. The quantitative estimate of drug-likeness (QED) is 0.0989. The molecule has 1 aromatic carbocycles. The number of hydrogen-bond donors (Lipinski definition) is 1. The molecule has 42 heavy (non-hydrogen) atoms.